The third-order valence-electron chi connectivity index (χ3n) is 6.05. The molecule has 1 aliphatic heterocycles. The first kappa shape index (κ1) is 23.6. The maximum absolute atomic E-state index is 12.9. The SMILES string of the molecule is C[C@@H]1C[C@H](n2c(CC(=O)Nc3cnc(C(F)(F)F)nc3)nc3cnc4ccc(C#N)cc4c32)CCO1. The van der Waals surface area contributed by atoms with Crippen molar-refractivity contribution in [2.45, 2.75) is 44.5 Å². The van der Waals surface area contributed by atoms with Crippen LogP contribution in [0.2, 0.25) is 0 Å². The number of alkyl halides is 3. The van der Waals surface area contributed by atoms with Crippen molar-refractivity contribution in [1.29, 1.82) is 5.26 Å². The number of fused-ring (bicyclic) bond motifs is 3. The number of carbonyl (C=O) groups excluding carboxylic acids is 1. The van der Waals surface area contributed by atoms with E-state index in [-0.39, 0.29) is 24.3 Å². The number of anilines is 1. The summed E-state index contributed by atoms with van der Waals surface area (Å²) in [4.78, 5) is 28.6. The number of aromatic nitrogens is 5. The highest BCUT2D eigenvalue weighted by molar-refractivity contribution is 6.03. The molecule has 0 saturated carbocycles. The average Bonchev–Trinajstić information content (AvgIpc) is 3.21. The third kappa shape index (κ3) is 4.57. The fraction of sp³-hybridized carbons (Fsp3) is 0.333. The molecule has 1 amide bonds. The van der Waals surface area contributed by atoms with Gasteiger partial charge in [-0.1, -0.05) is 0 Å². The second-order valence-electron chi connectivity index (χ2n) is 8.61. The number of nitrogens with one attached hydrogen (secondary N) is 1. The van der Waals surface area contributed by atoms with E-state index in [9.17, 15) is 23.2 Å². The molecule has 1 saturated heterocycles. The number of hydrogen-bond donors (Lipinski definition) is 1. The van der Waals surface area contributed by atoms with E-state index in [1.54, 1.807) is 24.4 Å². The van der Waals surface area contributed by atoms with E-state index in [1.165, 1.54) is 0 Å². The fourth-order valence-corrected chi connectivity index (χ4v) is 4.51. The maximum Gasteiger partial charge on any atom is 0.451 e. The smallest absolute Gasteiger partial charge is 0.378 e. The molecule has 12 heteroatoms. The lowest BCUT2D eigenvalue weighted by Crippen LogP contribution is -2.27. The molecule has 0 aliphatic carbocycles. The summed E-state index contributed by atoms with van der Waals surface area (Å²) in [5.41, 5.74) is 2.57. The summed E-state index contributed by atoms with van der Waals surface area (Å²) in [5, 5.41) is 12.7. The van der Waals surface area contributed by atoms with E-state index in [0.29, 0.717) is 41.9 Å². The molecule has 36 heavy (non-hydrogen) atoms. The number of benzene rings is 1. The highest BCUT2D eigenvalue weighted by atomic mass is 19.4. The van der Waals surface area contributed by atoms with Gasteiger partial charge in [0.1, 0.15) is 11.3 Å². The van der Waals surface area contributed by atoms with Crippen molar-refractivity contribution in [3.63, 3.8) is 0 Å². The first-order valence-electron chi connectivity index (χ1n) is 11.2. The molecule has 5 rings (SSSR count). The Morgan fingerprint density at radius 1 is 1.22 bits per heavy atom. The molecule has 3 aromatic heterocycles. The van der Waals surface area contributed by atoms with E-state index in [1.807, 2.05) is 11.5 Å². The van der Waals surface area contributed by atoms with Crippen molar-refractivity contribution in [3.8, 4) is 6.07 Å². The van der Waals surface area contributed by atoms with Crippen LogP contribution in [0.15, 0.2) is 36.8 Å². The molecule has 1 fully saturated rings. The van der Waals surface area contributed by atoms with Gasteiger partial charge in [-0.05, 0) is 38.0 Å². The Kier molecular flexibility index (Phi) is 6.01. The van der Waals surface area contributed by atoms with Crippen LogP contribution in [0.5, 0.6) is 0 Å². The highest BCUT2D eigenvalue weighted by Gasteiger charge is 2.34. The first-order valence-corrected chi connectivity index (χ1v) is 11.2. The summed E-state index contributed by atoms with van der Waals surface area (Å²) in [6.45, 7) is 2.53. The van der Waals surface area contributed by atoms with Crippen molar-refractivity contribution in [1.82, 2.24) is 24.5 Å². The Bertz CT molecular complexity index is 1490. The van der Waals surface area contributed by atoms with E-state index < -0.39 is 17.9 Å². The van der Waals surface area contributed by atoms with E-state index in [4.69, 9.17) is 4.74 Å². The van der Waals surface area contributed by atoms with Crippen LogP contribution in [0.25, 0.3) is 21.9 Å². The minimum absolute atomic E-state index is 0.00713. The van der Waals surface area contributed by atoms with Gasteiger partial charge in [0.05, 0.1) is 59.5 Å². The van der Waals surface area contributed by atoms with E-state index in [2.05, 4.69) is 31.3 Å². The summed E-state index contributed by atoms with van der Waals surface area (Å²) in [7, 11) is 0. The van der Waals surface area contributed by atoms with Crippen molar-refractivity contribution in [3.05, 3.63) is 54.0 Å². The zero-order chi connectivity index (χ0) is 25.4. The van der Waals surface area contributed by atoms with Gasteiger partial charge in [0.25, 0.3) is 0 Å². The van der Waals surface area contributed by atoms with Gasteiger partial charge in [-0.2, -0.15) is 18.4 Å². The lowest BCUT2D eigenvalue weighted by Gasteiger charge is -2.30. The summed E-state index contributed by atoms with van der Waals surface area (Å²) < 4.78 is 45.9. The van der Waals surface area contributed by atoms with Gasteiger partial charge in [-0.15, -0.1) is 0 Å². The standard InChI is InChI=1S/C24H20F3N7O2/c1-13-6-16(4-5-36-13)34-20(8-21(35)32-15-10-30-23(31-11-15)24(25,26)27)33-19-12-29-18-3-2-14(9-28)7-17(18)22(19)34/h2-3,7,10-13,16H,4-6,8H2,1H3,(H,32,35)/t13-,16-/m1/s1. The van der Waals surface area contributed by atoms with Crippen molar-refractivity contribution in [2.75, 3.05) is 11.9 Å². The number of pyridine rings is 1. The van der Waals surface area contributed by atoms with Crippen LogP contribution < -0.4 is 5.32 Å². The van der Waals surface area contributed by atoms with Crippen LogP contribution in [0.1, 0.15) is 43.0 Å². The Balaban J connectivity index is 1.53. The molecule has 0 bridgehead atoms. The van der Waals surface area contributed by atoms with E-state index in [0.717, 1.165) is 23.3 Å². The molecule has 4 aromatic rings. The topological polar surface area (TPSA) is 119 Å². The molecular formula is C24H20F3N7O2. The molecular weight excluding hydrogens is 475 g/mol. The molecule has 1 aliphatic rings. The Morgan fingerprint density at radius 3 is 2.69 bits per heavy atom. The number of nitriles is 1. The predicted octanol–water partition coefficient (Wildman–Crippen LogP) is 4.19. The third-order valence-corrected chi connectivity index (χ3v) is 6.05. The molecule has 184 valence electrons. The lowest BCUT2D eigenvalue weighted by molar-refractivity contribution is -0.144. The van der Waals surface area contributed by atoms with Gasteiger partial charge in [-0.3, -0.25) is 9.78 Å². The fourth-order valence-electron chi connectivity index (χ4n) is 4.51. The van der Waals surface area contributed by atoms with Crippen LogP contribution in [-0.2, 0) is 22.1 Å². The van der Waals surface area contributed by atoms with Gasteiger partial charge in [0.15, 0.2) is 0 Å². The molecule has 0 spiro atoms. The number of hydrogen-bond acceptors (Lipinski definition) is 7. The van der Waals surface area contributed by atoms with Crippen molar-refractivity contribution < 1.29 is 22.7 Å². The highest BCUT2D eigenvalue weighted by Crippen LogP contribution is 2.34. The zero-order valence-corrected chi connectivity index (χ0v) is 19.1. The van der Waals surface area contributed by atoms with Gasteiger partial charge in [0.2, 0.25) is 11.7 Å². The molecule has 0 unspecified atom stereocenters. The van der Waals surface area contributed by atoms with Crippen LogP contribution in [0, 0.1) is 11.3 Å². The quantitative estimate of drug-likeness (QED) is 0.451. The van der Waals surface area contributed by atoms with Gasteiger partial charge < -0.3 is 14.6 Å². The summed E-state index contributed by atoms with van der Waals surface area (Å²) >= 11 is 0. The molecule has 0 radical (unpaired) electrons. The minimum atomic E-state index is -4.67. The van der Waals surface area contributed by atoms with Gasteiger partial charge >= 0.3 is 6.18 Å². The molecule has 1 aromatic carbocycles. The predicted molar refractivity (Wildman–Crippen MR) is 123 cm³/mol. The monoisotopic (exact) mass is 495 g/mol. The number of nitrogens with zero attached hydrogens (tertiary/aromatic N) is 6. The van der Waals surface area contributed by atoms with E-state index >= 15 is 0 Å². The first-order chi connectivity index (χ1) is 17.2. The summed E-state index contributed by atoms with van der Waals surface area (Å²) in [5.74, 6) is -1.29. The molecule has 1 N–H and O–H groups in total. The Morgan fingerprint density at radius 2 is 2.00 bits per heavy atom. The maximum atomic E-state index is 12.9. The van der Waals surface area contributed by atoms with Crippen LogP contribution in [-0.4, -0.2) is 43.1 Å². The Labute approximate surface area is 203 Å². The molecule has 9 nitrogen and oxygen atoms in total. The molecule has 2 atom stereocenters. The minimum Gasteiger partial charge on any atom is -0.378 e. The normalized spacial score (nSPS) is 18.3. The number of rotatable bonds is 4. The van der Waals surface area contributed by atoms with Crippen molar-refractivity contribution in [2.24, 2.45) is 0 Å². The summed E-state index contributed by atoms with van der Waals surface area (Å²) in [6, 6.07) is 7.36. The Hall–Kier alpha value is -4.11. The average molecular weight is 495 g/mol. The number of imidazole rings is 1. The lowest BCUT2D eigenvalue weighted by atomic mass is 10.0. The van der Waals surface area contributed by atoms with Gasteiger partial charge in [0, 0.05) is 18.0 Å². The number of ether oxygens (including phenoxy) is 1. The number of halogens is 3. The number of amides is 1. The second kappa shape index (κ2) is 9.16. The van der Waals surface area contributed by atoms with Crippen LogP contribution in [0.3, 0.4) is 0 Å². The van der Waals surface area contributed by atoms with Crippen LogP contribution in [0.4, 0.5) is 18.9 Å². The summed E-state index contributed by atoms with van der Waals surface area (Å²) in [6.07, 6.45) is 0.0730. The van der Waals surface area contributed by atoms with Crippen LogP contribution >= 0.6 is 0 Å². The van der Waals surface area contributed by atoms with Gasteiger partial charge in [-0.25, -0.2) is 15.0 Å². The van der Waals surface area contributed by atoms with Crippen molar-refractivity contribution >= 4 is 33.5 Å². The zero-order valence-electron chi connectivity index (χ0n) is 19.1. The largest absolute Gasteiger partial charge is 0.451 e. The number of carbonyl (C=O) groups is 1. The second-order valence-corrected chi connectivity index (χ2v) is 8.61. The molecule has 4 heterocycles.